The van der Waals surface area contributed by atoms with Crippen molar-refractivity contribution >= 4 is 23.4 Å². The molecule has 0 bridgehead atoms. The van der Waals surface area contributed by atoms with Gasteiger partial charge in [-0.25, -0.2) is 4.39 Å². The van der Waals surface area contributed by atoms with Crippen LogP contribution in [0.1, 0.15) is 24.0 Å². The SMILES string of the molecule is O=C(Cc1ccc(Cl)cc1)NNC(=O)C1(c2ccc(F)cc2)CC1. The molecule has 0 atom stereocenters. The van der Waals surface area contributed by atoms with Crippen molar-refractivity contribution in [1.29, 1.82) is 0 Å². The van der Waals surface area contributed by atoms with Gasteiger partial charge in [-0.1, -0.05) is 35.9 Å². The lowest BCUT2D eigenvalue weighted by molar-refractivity contribution is -0.130. The number of benzene rings is 2. The molecule has 24 heavy (non-hydrogen) atoms. The quantitative estimate of drug-likeness (QED) is 0.836. The highest BCUT2D eigenvalue weighted by Gasteiger charge is 2.51. The predicted molar refractivity (Wildman–Crippen MR) is 88.8 cm³/mol. The van der Waals surface area contributed by atoms with E-state index in [0.29, 0.717) is 17.9 Å². The first-order valence-electron chi connectivity index (χ1n) is 7.59. The highest BCUT2D eigenvalue weighted by molar-refractivity contribution is 6.30. The zero-order valence-corrected chi connectivity index (χ0v) is 13.6. The molecule has 1 fully saturated rings. The van der Waals surface area contributed by atoms with E-state index in [-0.39, 0.29) is 24.1 Å². The Labute approximate surface area is 144 Å². The van der Waals surface area contributed by atoms with Gasteiger partial charge in [-0.3, -0.25) is 20.4 Å². The summed E-state index contributed by atoms with van der Waals surface area (Å²) in [4.78, 5) is 24.3. The Kier molecular flexibility index (Phi) is 4.53. The van der Waals surface area contributed by atoms with Gasteiger partial charge >= 0.3 is 0 Å². The van der Waals surface area contributed by atoms with E-state index in [1.807, 2.05) is 0 Å². The zero-order valence-electron chi connectivity index (χ0n) is 12.8. The van der Waals surface area contributed by atoms with E-state index >= 15 is 0 Å². The Bertz CT molecular complexity index is 756. The second-order valence-electron chi connectivity index (χ2n) is 5.89. The summed E-state index contributed by atoms with van der Waals surface area (Å²) in [7, 11) is 0. The van der Waals surface area contributed by atoms with Crippen LogP contribution in [0.3, 0.4) is 0 Å². The summed E-state index contributed by atoms with van der Waals surface area (Å²) in [6.45, 7) is 0. The van der Waals surface area contributed by atoms with Crippen LogP contribution in [0, 0.1) is 5.82 Å². The number of nitrogens with one attached hydrogen (secondary N) is 2. The number of carbonyl (C=O) groups excluding carboxylic acids is 2. The summed E-state index contributed by atoms with van der Waals surface area (Å²) in [6, 6.07) is 12.8. The minimum absolute atomic E-state index is 0.140. The van der Waals surface area contributed by atoms with Crippen molar-refractivity contribution in [2.45, 2.75) is 24.7 Å². The van der Waals surface area contributed by atoms with Crippen molar-refractivity contribution in [3.63, 3.8) is 0 Å². The van der Waals surface area contributed by atoms with Crippen LogP contribution in [0.5, 0.6) is 0 Å². The van der Waals surface area contributed by atoms with E-state index in [0.717, 1.165) is 11.1 Å². The smallest absolute Gasteiger partial charge is 0.249 e. The van der Waals surface area contributed by atoms with Crippen molar-refractivity contribution < 1.29 is 14.0 Å². The molecule has 6 heteroatoms. The summed E-state index contributed by atoms with van der Waals surface area (Å²) in [5, 5.41) is 0.599. The predicted octanol–water partition coefficient (Wildman–Crippen LogP) is 2.90. The van der Waals surface area contributed by atoms with Crippen LogP contribution in [0.25, 0.3) is 0 Å². The van der Waals surface area contributed by atoms with Gasteiger partial charge in [0.15, 0.2) is 0 Å². The summed E-state index contributed by atoms with van der Waals surface area (Å²) in [6.07, 6.45) is 1.50. The number of hydrogen-bond acceptors (Lipinski definition) is 2. The number of hydrazine groups is 1. The van der Waals surface area contributed by atoms with Crippen LogP contribution >= 0.6 is 11.6 Å². The van der Waals surface area contributed by atoms with Gasteiger partial charge in [-0.15, -0.1) is 0 Å². The molecule has 0 aromatic heterocycles. The minimum Gasteiger partial charge on any atom is -0.273 e. The molecule has 1 aliphatic carbocycles. The van der Waals surface area contributed by atoms with E-state index in [1.165, 1.54) is 12.1 Å². The molecule has 0 heterocycles. The molecule has 3 rings (SSSR count). The van der Waals surface area contributed by atoms with Crippen molar-refractivity contribution in [3.8, 4) is 0 Å². The normalized spacial score (nSPS) is 14.8. The van der Waals surface area contributed by atoms with Gasteiger partial charge in [-0.05, 0) is 48.2 Å². The van der Waals surface area contributed by atoms with Crippen LogP contribution < -0.4 is 10.9 Å². The second-order valence-corrected chi connectivity index (χ2v) is 6.33. The molecule has 2 N–H and O–H groups in total. The Morgan fingerprint density at radius 2 is 1.62 bits per heavy atom. The summed E-state index contributed by atoms with van der Waals surface area (Å²) < 4.78 is 13.0. The highest BCUT2D eigenvalue weighted by Crippen LogP contribution is 2.48. The molecule has 0 aliphatic heterocycles. The number of rotatable bonds is 4. The maximum absolute atomic E-state index is 13.0. The van der Waals surface area contributed by atoms with Crippen molar-refractivity contribution in [2.24, 2.45) is 0 Å². The molecule has 4 nitrogen and oxygen atoms in total. The molecule has 124 valence electrons. The number of amides is 2. The van der Waals surface area contributed by atoms with Crippen LogP contribution in [0.4, 0.5) is 4.39 Å². The third kappa shape index (κ3) is 3.57. The van der Waals surface area contributed by atoms with Crippen molar-refractivity contribution in [3.05, 3.63) is 70.5 Å². The average molecular weight is 347 g/mol. The van der Waals surface area contributed by atoms with E-state index in [9.17, 15) is 14.0 Å². The standard InChI is InChI=1S/C18H16ClFN2O2/c19-14-5-1-12(2-6-14)11-16(23)21-22-17(24)18(9-10-18)13-3-7-15(20)8-4-13/h1-8H,9-11H2,(H,21,23)(H,22,24). The van der Waals surface area contributed by atoms with E-state index < -0.39 is 5.41 Å². The molecule has 1 saturated carbocycles. The maximum Gasteiger partial charge on any atom is 0.249 e. The Balaban J connectivity index is 1.56. The topological polar surface area (TPSA) is 58.2 Å². The lowest BCUT2D eigenvalue weighted by Gasteiger charge is -2.16. The monoisotopic (exact) mass is 346 g/mol. The summed E-state index contributed by atoms with van der Waals surface area (Å²) in [5.41, 5.74) is 5.79. The second kappa shape index (κ2) is 6.61. The Morgan fingerprint density at radius 3 is 2.21 bits per heavy atom. The fraction of sp³-hybridized carbons (Fsp3) is 0.222. The van der Waals surface area contributed by atoms with Gasteiger partial charge in [0.25, 0.3) is 0 Å². The third-order valence-corrected chi connectivity index (χ3v) is 4.43. The van der Waals surface area contributed by atoms with Crippen molar-refractivity contribution in [1.82, 2.24) is 10.9 Å². The molecule has 0 unspecified atom stereocenters. The first-order chi connectivity index (χ1) is 11.5. The van der Waals surface area contributed by atoms with Crippen LogP contribution in [0.15, 0.2) is 48.5 Å². The van der Waals surface area contributed by atoms with Gasteiger partial charge < -0.3 is 0 Å². The highest BCUT2D eigenvalue weighted by atomic mass is 35.5. The molecule has 2 aromatic rings. The molecular formula is C18H16ClFN2O2. The number of carbonyl (C=O) groups is 2. The maximum atomic E-state index is 13.0. The minimum atomic E-state index is -0.665. The summed E-state index contributed by atoms with van der Waals surface area (Å²) in [5.74, 6) is -0.939. The number of halogens is 2. The fourth-order valence-corrected chi connectivity index (χ4v) is 2.74. The molecule has 0 spiro atoms. The lowest BCUT2D eigenvalue weighted by Crippen LogP contribution is -2.47. The van der Waals surface area contributed by atoms with Gasteiger partial charge in [0.2, 0.25) is 11.8 Å². The van der Waals surface area contributed by atoms with E-state index in [4.69, 9.17) is 11.6 Å². The van der Waals surface area contributed by atoms with Gasteiger partial charge in [-0.2, -0.15) is 0 Å². The Hall–Kier alpha value is -2.40. The first kappa shape index (κ1) is 16.5. The average Bonchev–Trinajstić information content (AvgIpc) is 3.37. The Morgan fingerprint density at radius 1 is 1.00 bits per heavy atom. The molecule has 1 aliphatic rings. The zero-order chi connectivity index (χ0) is 17.2. The van der Waals surface area contributed by atoms with Gasteiger partial charge in [0, 0.05) is 5.02 Å². The fourth-order valence-electron chi connectivity index (χ4n) is 2.62. The lowest BCUT2D eigenvalue weighted by atomic mass is 9.95. The van der Waals surface area contributed by atoms with Crippen LogP contribution in [-0.4, -0.2) is 11.8 Å². The third-order valence-electron chi connectivity index (χ3n) is 4.17. The van der Waals surface area contributed by atoms with Crippen molar-refractivity contribution in [2.75, 3.05) is 0 Å². The van der Waals surface area contributed by atoms with Gasteiger partial charge in [0.1, 0.15) is 5.82 Å². The van der Waals surface area contributed by atoms with Crippen LogP contribution in [0.2, 0.25) is 5.02 Å². The largest absolute Gasteiger partial charge is 0.273 e. The van der Waals surface area contributed by atoms with Crippen LogP contribution in [-0.2, 0) is 21.4 Å². The first-order valence-corrected chi connectivity index (χ1v) is 7.97. The van der Waals surface area contributed by atoms with E-state index in [2.05, 4.69) is 10.9 Å². The molecule has 0 saturated heterocycles. The van der Waals surface area contributed by atoms with E-state index in [1.54, 1.807) is 36.4 Å². The van der Waals surface area contributed by atoms with Gasteiger partial charge in [0.05, 0.1) is 11.8 Å². The summed E-state index contributed by atoms with van der Waals surface area (Å²) >= 11 is 5.80. The molecular weight excluding hydrogens is 331 g/mol. The molecule has 0 radical (unpaired) electrons. The molecule has 2 aromatic carbocycles. The number of hydrogen-bond donors (Lipinski definition) is 2. The molecule has 2 amide bonds.